The summed E-state index contributed by atoms with van der Waals surface area (Å²) in [4.78, 5) is 11.8. The molecule has 0 saturated heterocycles. The van der Waals surface area contributed by atoms with Gasteiger partial charge in [-0.3, -0.25) is 0 Å². The van der Waals surface area contributed by atoms with Crippen molar-refractivity contribution in [3.8, 4) is 0 Å². The van der Waals surface area contributed by atoms with E-state index in [2.05, 4.69) is 49.8 Å². The molecule has 1 aromatic rings. The fourth-order valence-electron chi connectivity index (χ4n) is 2.37. The Hall–Kier alpha value is -1.16. The largest absolute Gasteiger partial charge is 0.369 e. The molecule has 0 unspecified atom stereocenters. The van der Waals surface area contributed by atoms with E-state index in [0.29, 0.717) is 5.92 Å². The molecule has 0 aliphatic carbocycles. The highest BCUT2D eigenvalue weighted by atomic mass is 15.2. The predicted octanol–water partition coefficient (Wildman–Crippen LogP) is 3.73. The lowest BCUT2D eigenvalue weighted by Gasteiger charge is -2.26. The summed E-state index contributed by atoms with van der Waals surface area (Å²) in [5.74, 6) is 1.31. The maximum absolute atomic E-state index is 4.81. The summed E-state index contributed by atoms with van der Waals surface area (Å²) in [6.45, 7) is 14.9. The Labute approximate surface area is 130 Å². The lowest BCUT2D eigenvalue weighted by Crippen LogP contribution is -2.28. The van der Waals surface area contributed by atoms with Crippen molar-refractivity contribution >= 4 is 5.69 Å². The molecule has 4 nitrogen and oxygen atoms in total. The van der Waals surface area contributed by atoms with Crippen molar-refractivity contribution in [2.24, 2.45) is 0 Å². The van der Waals surface area contributed by atoms with E-state index in [-0.39, 0.29) is 0 Å². The Bertz CT molecular complexity index is 398. The van der Waals surface area contributed by atoms with Crippen molar-refractivity contribution in [2.75, 3.05) is 24.5 Å². The zero-order chi connectivity index (χ0) is 15.7. The van der Waals surface area contributed by atoms with Gasteiger partial charge in [-0.1, -0.05) is 34.6 Å². The fourth-order valence-corrected chi connectivity index (χ4v) is 2.37. The third-order valence-electron chi connectivity index (χ3n) is 3.43. The van der Waals surface area contributed by atoms with Crippen LogP contribution in [0.25, 0.3) is 0 Å². The van der Waals surface area contributed by atoms with Gasteiger partial charge in [0.1, 0.15) is 5.82 Å². The average Bonchev–Trinajstić information content (AvgIpc) is 2.47. The molecule has 0 aromatic carbocycles. The topological polar surface area (TPSA) is 41.1 Å². The van der Waals surface area contributed by atoms with Crippen molar-refractivity contribution in [1.82, 2.24) is 15.3 Å². The first-order valence-electron chi connectivity index (χ1n) is 8.45. The predicted molar refractivity (Wildman–Crippen MR) is 90.9 cm³/mol. The molecule has 1 heterocycles. The number of nitrogens with zero attached hydrogens (tertiary/aromatic N) is 3. The second-order valence-corrected chi connectivity index (χ2v) is 5.88. The molecular weight excluding hydrogens is 260 g/mol. The van der Waals surface area contributed by atoms with Crippen molar-refractivity contribution in [3.63, 3.8) is 0 Å². The molecule has 0 aliphatic heterocycles. The van der Waals surface area contributed by atoms with Gasteiger partial charge in [0.15, 0.2) is 0 Å². The van der Waals surface area contributed by atoms with Gasteiger partial charge in [0.05, 0.1) is 17.6 Å². The van der Waals surface area contributed by atoms with E-state index in [0.717, 1.165) is 57.0 Å². The third kappa shape index (κ3) is 5.62. The van der Waals surface area contributed by atoms with E-state index >= 15 is 0 Å². The molecule has 0 aliphatic rings. The van der Waals surface area contributed by atoms with Crippen LogP contribution in [0.1, 0.15) is 71.3 Å². The van der Waals surface area contributed by atoms with Crippen LogP contribution >= 0.6 is 0 Å². The van der Waals surface area contributed by atoms with Crippen LogP contribution in [0, 0.1) is 0 Å². The quantitative estimate of drug-likeness (QED) is 0.667. The highest BCUT2D eigenvalue weighted by Gasteiger charge is 2.14. The lowest BCUT2D eigenvalue weighted by atomic mass is 10.2. The van der Waals surface area contributed by atoms with E-state index in [1.165, 1.54) is 5.69 Å². The second kappa shape index (κ2) is 9.72. The maximum Gasteiger partial charge on any atom is 0.131 e. The monoisotopic (exact) mass is 292 g/mol. The first-order chi connectivity index (χ1) is 10.1. The summed E-state index contributed by atoms with van der Waals surface area (Å²) in [7, 11) is 0. The van der Waals surface area contributed by atoms with Crippen molar-refractivity contribution < 1.29 is 0 Å². The molecule has 4 heteroatoms. The summed E-state index contributed by atoms with van der Waals surface area (Å²) < 4.78 is 0. The second-order valence-electron chi connectivity index (χ2n) is 5.88. The Balaban J connectivity index is 3.02. The molecule has 0 radical (unpaired) electrons. The molecule has 0 spiro atoms. The molecule has 120 valence electrons. The van der Waals surface area contributed by atoms with Crippen molar-refractivity contribution in [3.05, 3.63) is 17.7 Å². The van der Waals surface area contributed by atoms with Crippen LogP contribution in [0.2, 0.25) is 0 Å². The SMILES string of the molecule is CCCNCc1nc(C(C)C)ncc1N(CCC)CCC. The van der Waals surface area contributed by atoms with Gasteiger partial charge in [0.2, 0.25) is 0 Å². The highest BCUT2D eigenvalue weighted by Crippen LogP contribution is 2.21. The number of nitrogens with one attached hydrogen (secondary N) is 1. The summed E-state index contributed by atoms with van der Waals surface area (Å²) in [5, 5.41) is 3.48. The smallest absolute Gasteiger partial charge is 0.131 e. The Morgan fingerprint density at radius 1 is 1.10 bits per heavy atom. The van der Waals surface area contributed by atoms with Crippen molar-refractivity contribution in [2.45, 2.75) is 66.3 Å². The molecule has 0 bridgehead atoms. The number of rotatable bonds is 10. The van der Waals surface area contributed by atoms with Crippen LogP contribution in [0.5, 0.6) is 0 Å². The van der Waals surface area contributed by atoms with Crippen LogP contribution in [-0.4, -0.2) is 29.6 Å². The van der Waals surface area contributed by atoms with Crippen molar-refractivity contribution in [1.29, 1.82) is 0 Å². The molecule has 21 heavy (non-hydrogen) atoms. The van der Waals surface area contributed by atoms with Crippen LogP contribution in [0.3, 0.4) is 0 Å². The molecule has 0 saturated carbocycles. The van der Waals surface area contributed by atoms with Gasteiger partial charge in [-0.25, -0.2) is 9.97 Å². The van der Waals surface area contributed by atoms with E-state index in [9.17, 15) is 0 Å². The third-order valence-corrected chi connectivity index (χ3v) is 3.43. The minimum atomic E-state index is 0.370. The van der Waals surface area contributed by atoms with Gasteiger partial charge in [0, 0.05) is 25.6 Å². The molecular formula is C17H32N4. The minimum Gasteiger partial charge on any atom is -0.369 e. The molecule has 1 N–H and O–H groups in total. The van der Waals surface area contributed by atoms with Crippen LogP contribution in [0.4, 0.5) is 5.69 Å². The van der Waals surface area contributed by atoms with Gasteiger partial charge in [-0.15, -0.1) is 0 Å². The lowest BCUT2D eigenvalue weighted by molar-refractivity contribution is 0.644. The van der Waals surface area contributed by atoms with Crippen LogP contribution < -0.4 is 10.2 Å². The summed E-state index contributed by atoms with van der Waals surface area (Å²) in [5.41, 5.74) is 2.34. The summed E-state index contributed by atoms with van der Waals surface area (Å²) in [6, 6.07) is 0. The number of anilines is 1. The normalized spacial score (nSPS) is 11.1. The molecule has 1 aromatic heterocycles. The standard InChI is InChI=1S/C17H32N4/c1-6-9-18-12-15-16(21(10-7-2)11-8-3)13-19-17(20-15)14(4)5/h13-14,18H,6-12H2,1-5H3. The maximum atomic E-state index is 4.81. The highest BCUT2D eigenvalue weighted by molar-refractivity contribution is 5.49. The van der Waals surface area contributed by atoms with Gasteiger partial charge in [-0.2, -0.15) is 0 Å². The minimum absolute atomic E-state index is 0.370. The zero-order valence-corrected chi connectivity index (χ0v) is 14.4. The average molecular weight is 292 g/mol. The first-order valence-corrected chi connectivity index (χ1v) is 8.45. The van der Waals surface area contributed by atoms with Gasteiger partial charge in [0.25, 0.3) is 0 Å². The number of aromatic nitrogens is 2. The molecule has 0 fully saturated rings. The Morgan fingerprint density at radius 3 is 2.29 bits per heavy atom. The molecule has 0 atom stereocenters. The van der Waals surface area contributed by atoms with E-state index < -0.39 is 0 Å². The van der Waals surface area contributed by atoms with E-state index in [1.807, 2.05) is 6.20 Å². The Kier molecular flexibility index (Phi) is 8.28. The van der Waals surface area contributed by atoms with Gasteiger partial charge in [-0.05, 0) is 25.8 Å². The Morgan fingerprint density at radius 2 is 1.76 bits per heavy atom. The molecule has 1 rings (SSSR count). The molecule has 0 amide bonds. The zero-order valence-electron chi connectivity index (χ0n) is 14.4. The summed E-state index contributed by atoms with van der Waals surface area (Å²) >= 11 is 0. The van der Waals surface area contributed by atoms with Crippen LogP contribution in [-0.2, 0) is 6.54 Å². The first kappa shape index (κ1) is 17.9. The van der Waals surface area contributed by atoms with E-state index in [4.69, 9.17) is 4.98 Å². The number of hydrogen-bond donors (Lipinski definition) is 1. The van der Waals surface area contributed by atoms with Crippen LogP contribution in [0.15, 0.2) is 6.20 Å². The fraction of sp³-hybridized carbons (Fsp3) is 0.765. The van der Waals surface area contributed by atoms with Gasteiger partial charge >= 0.3 is 0 Å². The van der Waals surface area contributed by atoms with E-state index in [1.54, 1.807) is 0 Å². The summed E-state index contributed by atoms with van der Waals surface area (Å²) in [6.07, 6.45) is 5.46. The van der Waals surface area contributed by atoms with Gasteiger partial charge < -0.3 is 10.2 Å². The number of hydrogen-bond acceptors (Lipinski definition) is 4.